The molecule has 9 nitrogen and oxygen atoms in total. The number of ether oxygens (including phenoxy) is 1. The minimum Gasteiger partial charge on any atom is -0.457 e. The molecule has 0 aliphatic carbocycles. The van der Waals surface area contributed by atoms with Crippen molar-refractivity contribution in [3.8, 4) is 22.8 Å². The Morgan fingerprint density at radius 2 is 1.88 bits per heavy atom. The van der Waals surface area contributed by atoms with Gasteiger partial charge >= 0.3 is 0 Å². The fourth-order valence-electron chi connectivity index (χ4n) is 4.49. The molecule has 1 aliphatic heterocycles. The molecule has 1 atom stereocenters. The molecule has 1 amide bonds. The summed E-state index contributed by atoms with van der Waals surface area (Å²) in [5, 5.41) is 11.8. The van der Waals surface area contributed by atoms with Crippen molar-refractivity contribution < 1.29 is 9.53 Å². The van der Waals surface area contributed by atoms with Crippen LogP contribution in [-0.4, -0.2) is 43.9 Å². The Labute approximate surface area is 196 Å². The minimum absolute atomic E-state index is 0.102. The quantitative estimate of drug-likeness (QED) is 0.470. The minimum atomic E-state index is -0.356. The van der Waals surface area contributed by atoms with Crippen LogP contribution in [0.25, 0.3) is 22.2 Å². The van der Waals surface area contributed by atoms with Crippen molar-refractivity contribution in [3.05, 3.63) is 65.0 Å². The Balaban J connectivity index is 1.54. The zero-order chi connectivity index (χ0) is 23.7. The van der Waals surface area contributed by atoms with E-state index in [9.17, 15) is 9.59 Å². The predicted octanol–water partition coefficient (Wildman–Crippen LogP) is 3.73. The number of H-pyrrole nitrogens is 1. The normalized spacial score (nSPS) is 16.0. The number of fused-ring (bicyclic) bond motifs is 1. The van der Waals surface area contributed by atoms with Gasteiger partial charge in [0.2, 0.25) is 5.91 Å². The van der Waals surface area contributed by atoms with Crippen molar-refractivity contribution in [1.82, 2.24) is 24.9 Å². The number of aromatic nitrogens is 4. The van der Waals surface area contributed by atoms with Gasteiger partial charge in [0.05, 0.1) is 11.4 Å². The molecule has 0 spiro atoms. The van der Waals surface area contributed by atoms with Crippen LogP contribution in [0.5, 0.6) is 11.5 Å². The number of rotatable bonds is 5. The SMILES string of the molecule is CCC(=O)N1CCC[C@@H](n2nc(-c3ccc(Oc4ccccc4)cc3)c3c(N)n[nH]c(=O)c32)C1. The Morgan fingerprint density at radius 1 is 1.15 bits per heavy atom. The van der Waals surface area contributed by atoms with Gasteiger partial charge in [-0.1, -0.05) is 25.1 Å². The number of nitrogen functional groups attached to an aromatic ring is 1. The first-order valence-electron chi connectivity index (χ1n) is 11.4. The van der Waals surface area contributed by atoms with Crippen LogP contribution in [-0.2, 0) is 4.79 Å². The lowest BCUT2D eigenvalue weighted by Crippen LogP contribution is -2.41. The summed E-state index contributed by atoms with van der Waals surface area (Å²) in [4.78, 5) is 27.0. The van der Waals surface area contributed by atoms with Gasteiger partial charge in [0.1, 0.15) is 22.7 Å². The van der Waals surface area contributed by atoms with Crippen molar-refractivity contribution in [2.75, 3.05) is 18.8 Å². The number of amides is 1. The van der Waals surface area contributed by atoms with Gasteiger partial charge in [-0.2, -0.15) is 10.2 Å². The number of piperidine rings is 1. The summed E-state index contributed by atoms with van der Waals surface area (Å²) in [7, 11) is 0. The molecule has 4 aromatic rings. The fourth-order valence-corrected chi connectivity index (χ4v) is 4.49. The first kappa shape index (κ1) is 21.7. The van der Waals surface area contributed by atoms with E-state index in [1.165, 1.54) is 0 Å². The van der Waals surface area contributed by atoms with Crippen molar-refractivity contribution in [1.29, 1.82) is 0 Å². The van der Waals surface area contributed by atoms with Gasteiger partial charge in [0.15, 0.2) is 5.82 Å². The molecule has 2 aromatic heterocycles. The molecular weight excluding hydrogens is 432 g/mol. The van der Waals surface area contributed by atoms with Gasteiger partial charge in [0, 0.05) is 25.1 Å². The van der Waals surface area contributed by atoms with Gasteiger partial charge in [-0.15, -0.1) is 0 Å². The molecule has 0 unspecified atom stereocenters. The molecule has 1 fully saturated rings. The number of likely N-dealkylation sites (tertiary alicyclic amines) is 1. The Bertz CT molecular complexity index is 1380. The van der Waals surface area contributed by atoms with Crippen LogP contribution in [0.1, 0.15) is 32.2 Å². The highest BCUT2D eigenvalue weighted by molar-refractivity contribution is 5.99. The van der Waals surface area contributed by atoms with E-state index in [0.717, 1.165) is 30.7 Å². The standard InChI is InChI=1S/C25H26N6O3/c1-2-20(32)30-14-6-7-17(15-30)31-23-21(24(26)27-28-25(23)33)22(29-31)16-10-12-19(13-11-16)34-18-8-4-3-5-9-18/h3-5,8-13,17H,2,6-7,14-15H2,1H3,(H2,26,27)(H,28,33)/t17-/m1/s1. The van der Waals surface area contributed by atoms with E-state index in [1.807, 2.05) is 66.4 Å². The largest absolute Gasteiger partial charge is 0.457 e. The Hall–Kier alpha value is -4.14. The molecule has 3 heterocycles. The zero-order valence-corrected chi connectivity index (χ0v) is 18.9. The summed E-state index contributed by atoms with van der Waals surface area (Å²) < 4.78 is 7.62. The molecule has 1 aliphatic rings. The van der Waals surface area contributed by atoms with Crippen molar-refractivity contribution in [2.24, 2.45) is 0 Å². The van der Waals surface area contributed by atoms with E-state index in [4.69, 9.17) is 15.6 Å². The molecule has 3 N–H and O–H groups in total. The smallest absolute Gasteiger partial charge is 0.290 e. The zero-order valence-electron chi connectivity index (χ0n) is 18.9. The lowest BCUT2D eigenvalue weighted by atomic mass is 10.1. The number of benzene rings is 2. The van der Waals surface area contributed by atoms with E-state index < -0.39 is 0 Å². The van der Waals surface area contributed by atoms with Crippen LogP contribution in [0.4, 0.5) is 5.82 Å². The van der Waals surface area contributed by atoms with Gasteiger partial charge in [-0.3, -0.25) is 14.3 Å². The lowest BCUT2D eigenvalue weighted by Gasteiger charge is -2.33. The number of anilines is 1. The molecule has 2 aromatic carbocycles. The first-order valence-corrected chi connectivity index (χ1v) is 11.4. The summed E-state index contributed by atoms with van der Waals surface area (Å²) >= 11 is 0. The van der Waals surface area contributed by atoms with Crippen LogP contribution >= 0.6 is 0 Å². The number of aromatic amines is 1. The summed E-state index contributed by atoms with van der Waals surface area (Å²) in [5.41, 5.74) is 7.61. The number of carbonyl (C=O) groups excluding carboxylic acids is 1. The second-order valence-electron chi connectivity index (χ2n) is 8.38. The summed E-state index contributed by atoms with van der Waals surface area (Å²) in [6.07, 6.45) is 2.11. The molecule has 0 radical (unpaired) electrons. The molecule has 174 valence electrons. The summed E-state index contributed by atoms with van der Waals surface area (Å²) in [5.74, 6) is 1.74. The maximum absolute atomic E-state index is 12.8. The Morgan fingerprint density at radius 3 is 2.62 bits per heavy atom. The number of para-hydroxylation sites is 1. The fraction of sp³-hybridized carbons (Fsp3) is 0.280. The number of nitrogens with one attached hydrogen (secondary N) is 1. The van der Waals surface area contributed by atoms with Crippen LogP contribution in [0.15, 0.2) is 59.4 Å². The monoisotopic (exact) mass is 458 g/mol. The van der Waals surface area contributed by atoms with E-state index in [0.29, 0.717) is 35.3 Å². The number of hydrogen-bond donors (Lipinski definition) is 2. The van der Waals surface area contributed by atoms with Crippen molar-refractivity contribution in [3.63, 3.8) is 0 Å². The second kappa shape index (κ2) is 9.01. The molecule has 5 rings (SSSR count). The molecule has 0 bridgehead atoms. The number of carbonyl (C=O) groups is 1. The number of nitrogens with two attached hydrogens (primary N) is 1. The number of nitrogens with zero attached hydrogens (tertiary/aromatic N) is 4. The Kier molecular flexibility index (Phi) is 5.75. The molecule has 34 heavy (non-hydrogen) atoms. The molecule has 0 saturated carbocycles. The van der Waals surface area contributed by atoms with Gasteiger partial charge in [0.25, 0.3) is 5.56 Å². The average Bonchev–Trinajstić information content (AvgIpc) is 3.29. The highest BCUT2D eigenvalue weighted by atomic mass is 16.5. The highest BCUT2D eigenvalue weighted by Gasteiger charge is 2.28. The first-order chi connectivity index (χ1) is 16.5. The van der Waals surface area contributed by atoms with Crippen LogP contribution in [0.2, 0.25) is 0 Å². The third-order valence-corrected chi connectivity index (χ3v) is 6.16. The third kappa shape index (κ3) is 4.00. The van der Waals surface area contributed by atoms with E-state index >= 15 is 0 Å². The third-order valence-electron chi connectivity index (χ3n) is 6.16. The second-order valence-corrected chi connectivity index (χ2v) is 8.38. The highest BCUT2D eigenvalue weighted by Crippen LogP contribution is 2.34. The predicted molar refractivity (Wildman–Crippen MR) is 130 cm³/mol. The lowest BCUT2D eigenvalue weighted by molar-refractivity contribution is -0.132. The molecular formula is C25H26N6O3. The topological polar surface area (TPSA) is 119 Å². The van der Waals surface area contributed by atoms with Crippen molar-refractivity contribution in [2.45, 2.75) is 32.2 Å². The van der Waals surface area contributed by atoms with Gasteiger partial charge < -0.3 is 15.4 Å². The average molecular weight is 459 g/mol. The van der Waals surface area contributed by atoms with Crippen molar-refractivity contribution >= 4 is 22.6 Å². The molecule has 9 heteroatoms. The van der Waals surface area contributed by atoms with E-state index in [2.05, 4.69) is 10.2 Å². The summed E-state index contributed by atoms with van der Waals surface area (Å²) in [6, 6.07) is 16.9. The number of hydrogen-bond acceptors (Lipinski definition) is 6. The summed E-state index contributed by atoms with van der Waals surface area (Å²) in [6.45, 7) is 3.09. The maximum Gasteiger partial charge on any atom is 0.290 e. The maximum atomic E-state index is 12.8. The van der Waals surface area contributed by atoms with Crippen LogP contribution in [0.3, 0.4) is 0 Å². The van der Waals surface area contributed by atoms with Crippen LogP contribution < -0.4 is 16.0 Å². The van der Waals surface area contributed by atoms with E-state index in [1.54, 1.807) is 4.68 Å². The van der Waals surface area contributed by atoms with Gasteiger partial charge in [-0.05, 0) is 49.2 Å². The van der Waals surface area contributed by atoms with E-state index in [-0.39, 0.29) is 23.3 Å². The molecule has 1 saturated heterocycles. The van der Waals surface area contributed by atoms with Gasteiger partial charge in [-0.25, -0.2) is 5.10 Å². The van der Waals surface area contributed by atoms with Crippen LogP contribution in [0, 0.1) is 0 Å².